The summed E-state index contributed by atoms with van der Waals surface area (Å²) < 4.78 is 55.6. The van der Waals surface area contributed by atoms with E-state index in [1.807, 2.05) is 25.1 Å². The topological polar surface area (TPSA) is 127 Å². The van der Waals surface area contributed by atoms with Gasteiger partial charge in [0.05, 0.1) is 43.6 Å². The Morgan fingerprint density at radius 1 is 0.957 bits per heavy atom. The summed E-state index contributed by atoms with van der Waals surface area (Å²) in [5, 5.41) is 5.54. The van der Waals surface area contributed by atoms with E-state index in [4.69, 9.17) is 9.47 Å². The summed E-state index contributed by atoms with van der Waals surface area (Å²) in [5.41, 5.74) is 2.25. The highest BCUT2D eigenvalue weighted by molar-refractivity contribution is 6.01. The number of nitrogens with one attached hydrogen (secondary N) is 2. The molecule has 0 aliphatic carbocycles. The van der Waals surface area contributed by atoms with Crippen molar-refractivity contribution in [2.24, 2.45) is 0 Å². The van der Waals surface area contributed by atoms with Crippen LogP contribution in [0.15, 0.2) is 60.7 Å². The van der Waals surface area contributed by atoms with E-state index >= 15 is 0 Å². The Hall–Kier alpha value is -5.27. The first-order valence-electron chi connectivity index (χ1n) is 14.6. The van der Waals surface area contributed by atoms with Crippen molar-refractivity contribution in [1.82, 2.24) is 4.90 Å². The van der Waals surface area contributed by atoms with Gasteiger partial charge in [0.15, 0.2) is 0 Å². The van der Waals surface area contributed by atoms with Gasteiger partial charge in [-0.2, -0.15) is 13.2 Å². The van der Waals surface area contributed by atoms with Gasteiger partial charge in [-0.25, -0.2) is 9.59 Å². The van der Waals surface area contributed by atoms with Gasteiger partial charge < -0.3 is 34.6 Å². The van der Waals surface area contributed by atoms with Crippen molar-refractivity contribution in [2.45, 2.75) is 38.4 Å². The molecule has 14 heteroatoms. The van der Waals surface area contributed by atoms with Crippen LogP contribution in [0.2, 0.25) is 0 Å². The number of anilines is 3. The highest BCUT2D eigenvalue weighted by atomic mass is 19.4. The number of urea groups is 1. The Balaban J connectivity index is 1.43. The monoisotopic (exact) mass is 656 g/mol. The number of nitrogens with zero attached hydrogens (tertiary/aromatic N) is 2. The molecule has 1 saturated heterocycles. The van der Waals surface area contributed by atoms with Gasteiger partial charge in [0.25, 0.3) is 0 Å². The van der Waals surface area contributed by atoms with Gasteiger partial charge in [-0.3, -0.25) is 9.59 Å². The first kappa shape index (κ1) is 34.6. The molecule has 4 rings (SSSR count). The fourth-order valence-corrected chi connectivity index (χ4v) is 5.18. The lowest BCUT2D eigenvalue weighted by atomic mass is 10.1. The van der Waals surface area contributed by atoms with E-state index in [2.05, 4.69) is 15.4 Å². The number of amides is 4. The SMILES string of the molecule is COC(=O)c1ccc(OC[C@@H]2CCCN2C(=O)Cc2ccc(NC(=O)Nc3ccccc3C)c(OC)c2)c(N(C)C(=O)C(F)(F)F)c1. The molecule has 11 nitrogen and oxygen atoms in total. The van der Waals surface area contributed by atoms with Crippen molar-refractivity contribution in [3.63, 3.8) is 0 Å². The molecule has 3 aromatic carbocycles. The zero-order chi connectivity index (χ0) is 34.3. The second-order valence-corrected chi connectivity index (χ2v) is 10.8. The predicted molar refractivity (Wildman–Crippen MR) is 168 cm³/mol. The minimum atomic E-state index is -5.16. The maximum Gasteiger partial charge on any atom is 0.471 e. The number of likely N-dealkylation sites (tertiary alicyclic amines) is 1. The van der Waals surface area contributed by atoms with Gasteiger partial charge in [-0.15, -0.1) is 0 Å². The number of para-hydroxylation sites is 1. The summed E-state index contributed by atoms with van der Waals surface area (Å²) in [5.74, 6) is -2.87. The minimum absolute atomic E-state index is 0.0183. The van der Waals surface area contributed by atoms with Crippen LogP contribution in [0.3, 0.4) is 0 Å². The molecule has 4 amide bonds. The van der Waals surface area contributed by atoms with Crippen molar-refractivity contribution < 1.29 is 46.6 Å². The van der Waals surface area contributed by atoms with Crippen molar-refractivity contribution in [2.75, 3.05) is 50.0 Å². The number of carbonyl (C=O) groups excluding carboxylic acids is 4. The fourth-order valence-electron chi connectivity index (χ4n) is 5.18. The molecule has 3 aromatic rings. The number of benzene rings is 3. The van der Waals surface area contributed by atoms with Crippen LogP contribution < -0.4 is 25.0 Å². The third-order valence-electron chi connectivity index (χ3n) is 7.68. The molecule has 0 spiro atoms. The molecular weight excluding hydrogens is 621 g/mol. The molecular formula is C33H35F3N4O7. The maximum atomic E-state index is 13.4. The first-order chi connectivity index (χ1) is 22.3. The molecule has 0 unspecified atom stereocenters. The quantitative estimate of drug-likeness (QED) is 0.273. The Morgan fingerprint density at radius 2 is 1.68 bits per heavy atom. The van der Waals surface area contributed by atoms with Gasteiger partial charge in [-0.05, 0) is 67.3 Å². The molecule has 1 aliphatic rings. The summed E-state index contributed by atoms with van der Waals surface area (Å²) in [6.45, 7) is 2.26. The summed E-state index contributed by atoms with van der Waals surface area (Å²) in [7, 11) is 3.50. The Bertz CT molecular complexity index is 1650. The van der Waals surface area contributed by atoms with E-state index in [1.165, 1.54) is 19.2 Å². The van der Waals surface area contributed by atoms with Gasteiger partial charge >= 0.3 is 24.1 Å². The molecule has 0 aromatic heterocycles. The van der Waals surface area contributed by atoms with Gasteiger partial charge in [-0.1, -0.05) is 24.3 Å². The van der Waals surface area contributed by atoms with Crippen LogP contribution >= 0.6 is 0 Å². The Labute approximate surface area is 269 Å². The van der Waals surface area contributed by atoms with Gasteiger partial charge in [0.2, 0.25) is 5.91 Å². The Morgan fingerprint density at radius 3 is 2.36 bits per heavy atom. The standard InChI is InChI=1S/C33H35F3N4O7/c1-20-8-5-6-10-24(20)37-32(44)38-25-13-11-21(16-28(25)45-3)17-29(41)40-15-7-9-23(40)19-47-27-14-12-22(30(42)46-4)18-26(27)39(2)31(43)33(34,35)36/h5-6,8,10-14,16,18,23H,7,9,15,17,19H2,1-4H3,(H2,37,38,44)/t23-/m0/s1. The minimum Gasteiger partial charge on any atom is -0.495 e. The van der Waals surface area contributed by atoms with Crippen molar-refractivity contribution in [3.05, 3.63) is 77.4 Å². The van der Waals surface area contributed by atoms with Crippen LogP contribution in [0.1, 0.15) is 34.3 Å². The van der Waals surface area contributed by atoms with Crippen LogP contribution in [-0.4, -0.2) is 75.4 Å². The molecule has 250 valence electrons. The molecule has 1 heterocycles. The molecule has 0 saturated carbocycles. The van der Waals surface area contributed by atoms with E-state index < -0.39 is 30.1 Å². The van der Waals surface area contributed by atoms with Gasteiger partial charge in [0, 0.05) is 19.3 Å². The lowest BCUT2D eigenvalue weighted by molar-refractivity contribution is -0.170. The lowest BCUT2D eigenvalue weighted by Gasteiger charge is -2.27. The predicted octanol–water partition coefficient (Wildman–Crippen LogP) is 5.57. The zero-order valence-corrected chi connectivity index (χ0v) is 26.3. The van der Waals surface area contributed by atoms with E-state index in [1.54, 1.807) is 29.2 Å². The molecule has 0 bridgehead atoms. The molecule has 47 heavy (non-hydrogen) atoms. The highest BCUT2D eigenvalue weighted by Gasteiger charge is 2.42. The van der Waals surface area contributed by atoms with Crippen LogP contribution in [0.4, 0.5) is 35.0 Å². The third-order valence-corrected chi connectivity index (χ3v) is 7.68. The number of alkyl halides is 3. The van der Waals surface area contributed by atoms with E-state index in [-0.39, 0.29) is 35.9 Å². The summed E-state index contributed by atoms with van der Waals surface area (Å²) in [6, 6.07) is 15.2. The fraction of sp³-hybridized carbons (Fsp3) is 0.333. The number of hydrogen-bond acceptors (Lipinski definition) is 7. The number of methoxy groups -OCH3 is 2. The average Bonchev–Trinajstić information content (AvgIpc) is 3.53. The number of halogens is 3. The smallest absolute Gasteiger partial charge is 0.471 e. The van der Waals surface area contributed by atoms with E-state index in [0.717, 1.165) is 25.8 Å². The summed E-state index contributed by atoms with van der Waals surface area (Å²) in [4.78, 5) is 52.0. The second-order valence-electron chi connectivity index (χ2n) is 10.8. The Kier molecular flexibility index (Phi) is 11.0. The summed E-state index contributed by atoms with van der Waals surface area (Å²) in [6.07, 6.45) is -3.87. The van der Waals surface area contributed by atoms with E-state index in [0.29, 0.717) is 47.0 Å². The number of rotatable bonds is 10. The number of ether oxygens (including phenoxy) is 3. The van der Waals surface area contributed by atoms with Crippen molar-refractivity contribution in [3.8, 4) is 11.5 Å². The molecule has 0 radical (unpaired) electrons. The molecule has 2 N–H and O–H groups in total. The van der Waals surface area contributed by atoms with Crippen molar-refractivity contribution >= 4 is 40.9 Å². The second kappa shape index (κ2) is 14.9. The molecule has 1 fully saturated rings. The largest absolute Gasteiger partial charge is 0.495 e. The molecule has 1 aliphatic heterocycles. The van der Waals surface area contributed by atoms with Crippen LogP contribution in [0.25, 0.3) is 0 Å². The number of hydrogen-bond donors (Lipinski definition) is 2. The maximum absolute atomic E-state index is 13.4. The lowest BCUT2D eigenvalue weighted by Crippen LogP contribution is -2.40. The van der Waals surface area contributed by atoms with Crippen LogP contribution in [-0.2, 0) is 20.7 Å². The van der Waals surface area contributed by atoms with Crippen LogP contribution in [0.5, 0.6) is 11.5 Å². The number of esters is 1. The van der Waals surface area contributed by atoms with Crippen molar-refractivity contribution in [1.29, 1.82) is 0 Å². The number of carbonyl (C=O) groups is 4. The van der Waals surface area contributed by atoms with E-state index in [9.17, 15) is 32.3 Å². The average molecular weight is 657 g/mol. The highest BCUT2D eigenvalue weighted by Crippen LogP contribution is 2.33. The molecule has 1 atom stereocenters. The zero-order valence-electron chi connectivity index (χ0n) is 26.3. The number of aryl methyl sites for hydroxylation is 1. The van der Waals surface area contributed by atoms with Crippen LogP contribution in [0, 0.1) is 6.92 Å². The third kappa shape index (κ3) is 8.51. The first-order valence-corrected chi connectivity index (χ1v) is 14.6. The normalized spacial score (nSPS) is 14.3. The summed E-state index contributed by atoms with van der Waals surface area (Å²) >= 11 is 0. The van der Waals surface area contributed by atoms with Gasteiger partial charge in [0.1, 0.15) is 18.1 Å².